The second-order valence-corrected chi connectivity index (χ2v) is 9.70. The molecule has 4 heterocycles. The number of ether oxygens (including phenoxy) is 3. The van der Waals surface area contributed by atoms with Crippen molar-refractivity contribution >= 4 is 31.6 Å². The van der Waals surface area contributed by atoms with Crippen molar-refractivity contribution in [3.63, 3.8) is 0 Å². The fourth-order valence-corrected chi connectivity index (χ4v) is 4.50. The Bertz CT molecular complexity index is 1100. The number of aromatic amines is 1. The van der Waals surface area contributed by atoms with E-state index in [0.29, 0.717) is 0 Å². The van der Waals surface area contributed by atoms with Gasteiger partial charge >= 0.3 is 8.60 Å². The summed E-state index contributed by atoms with van der Waals surface area (Å²) in [7, 11) is -2.56. The van der Waals surface area contributed by atoms with Gasteiger partial charge in [-0.15, -0.1) is 0 Å². The lowest BCUT2D eigenvalue weighted by Crippen LogP contribution is -2.32. The van der Waals surface area contributed by atoms with E-state index in [4.69, 9.17) is 28.5 Å². The van der Waals surface area contributed by atoms with E-state index in [2.05, 4.69) is 45.9 Å². The van der Waals surface area contributed by atoms with Crippen LogP contribution in [0, 0.1) is 0 Å². The molecule has 2 aliphatic rings. The number of nitrogens with zero attached hydrogens (tertiary/aromatic N) is 4. The Morgan fingerprint density at radius 3 is 2.43 bits per heavy atom. The first-order chi connectivity index (χ1) is 17.5. The monoisotopic (exact) mass is 544 g/mol. The van der Waals surface area contributed by atoms with Gasteiger partial charge in [0, 0.05) is 6.42 Å². The molecule has 1 amide bonds. The number of imidazole rings is 1. The van der Waals surface area contributed by atoms with Gasteiger partial charge in [0.2, 0.25) is 11.9 Å². The molecule has 4 atom stereocenters. The number of amides is 1. The Hall–Kier alpha value is -2.03. The summed E-state index contributed by atoms with van der Waals surface area (Å²) in [5, 5.41) is 2.52. The first-order valence-corrected chi connectivity index (χ1v) is 13.5. The van der Waals surface area contributed by atoms with Crippen molar-refractivity contribution in [2.45, 2.75) is 78.3 Å². The van der Waals surface area contributed by atoms with Crippen LogP contribution in [0.25, 0.3) is 11.2 Å². The molecule has 2 aromatic rings. The van der Waals surface area contributed by atoms with E-state index in [1.165, 1.54) is 30.5 Å². The summed E-state index contributed by atoms with van der Waals surface area (Å²) < 4.78 is 24.3. The van der Waals surface area contributed by atoms with Gasteiger partial charge in [-0.05, 0) is 33.5 Å². The lowest BCUT2D eigenvalue weighted by molar-refractivity contribution is -0.199. The highest BCUT2D eigenvalue weighted by molar-refractivity contribution is 7.39. The molecule has 0 unspecified atom stereocenters. The maximum Gasteiger partial charge on any atom is 0.327 e. The third kappa shape index (κ3) is 7.09. The van der Waals surface area contributed by atoms with Crippen LogP contribution in [0.15, 0.2) is 11.1 Å². The van der Waals surface area contributed by atoms with Gasteiger partial charge in [0.05, 0.1) is 12.9 Å². The molecule has 4 rings (SSSR count). The lowest BCUT2D eigenvalue weighted by atomic mass is 10.1. The van der Waals surface area contributed by atoms with Crippen LogP contribution in [-0.4, -0.2) is 90.5 Å². The Kier molecular flexibility index (Phi) is 10.1. The highest BCUT2D eigenvalue weighted by atomic mass is 31.2. The first-order valence-electron chi connectivity index (χ1n) is 12.3. The number of anilines is 1. The molecule has 0 aromatic carbocycles. The zero-order chi connectivity index (χ0) is 27.3. The first kappa shape index (κ1) is 29.5. The zero-order valence-electron chi connectivity index (χ0n) is 22.0. The molecule has 0 aliphatic carbocycles. The fourth-order valence-electron chi connectivity index (χ4n) is 4.22. The summed E-state index contributed by atoms with van der Waals surface area (Å²) in [5.41, 5.74) is -0.262. The van der Waals surface area contributed by atoms with Crippen molar-refractivity contribution in [2.24, 2.45) is 0 Å². The number of nitrogens with one attached hydrogen (secondary N) is 2. The van der Waals surface area contributed by atoms with Crippen molar-refractivity contribution in [1.82, 2.24) is 24.4 Å². The summed E-state index contributed by atoms with van der Waals surface area (Å²) in [6.07, 6.45) is -0.976. The normalized spacial score (nSPS) is 24.4. The number of rotatable bonds is 9. The topological polar surface area (TPSA) is 173 Å². The van der Waals surface area contributed by atoms with Crippen molar-refractivity contribution in [3.05, 3.63) is 16.7 Å². The van der Waals surface area contributed by atoms with Gasteiger partial charge in [0.25, 0.3) is 5.56 Å². The van der Waals surface area contributed by atoms with Crippen LogP contribution < -0.4 is 10.9 Å². The number of fused-ring (bicyclic) bond motifs is 2. The summed E-state index contributed by atoms with van der Waals surface area (Å²) in [6.45, 7) is 15.2. The molecular weight excluding hydrogens is 507 g/mol. The summed E-state index contributed by atoms with van der Waals surface area (Å²) in [6, 6.07) is 0. The Morgan fingerprint density at radius 1 is 1.22 bits per heavy atom. The number of carbonyl (C=O) groups is 1. The van der Waals surface area contributed by atoms with E-state index >= 15 is 0 Å². The largest absolute Gasteiger partial charge is 0.347 e. The average Bonchev–Trinajstić information content (AvgIpc) is 3.50. The van der Waals surface area contributed by atoms with Gasteiger partial charge in [-0.25, -0.2) is 4.98 Å². The van der Waals surface area contributed by atoms with Gasteiger partial charge < -0.3 is 33.4 Å². The predicted octanol–water partition coefficient (Wildman–Crippen LogP) is 1.46. The molecule has 4 N–H and O–H groups in total. The number of carbonyl (C=O) groups excluding carboxylic acids is 1. The molecule has 0 radical (unpaired) electrons. The molecule has 2 saturated heterocycles. The van der Waals surface area contributed by atoms with Crippen LogP contribution in [0.1, 0.15) is 54.2 Å². The van der Waals surface area contributed by atoms with Gasteiger partial charge in [-0.3, -0.25) is 24.5 Å². The van der Waals surface area contributed by atoms with Crippen LogP contribution in [0.5, 0.6) is 0 Å². The molecule has 2 fully saturated rings. The molecular formula is C22H37N6O8P. The van der Waals surface area contributed by atoms with E-state index in [-0.39, 0.29) is 36.0 Å². The summed E-state index contributed by atoms with van der Waals surface area (Å²) in [5.74, 6) is -1.22. The second kappa shape index (κ2) is 12.7. The molecule has 15 heteroatoms. The standard InChI is InChI=1S/C16H22N5O8P.C6H15N/c1-4-8(22)18-15-19-12-9(13(23)20-15)17-6-21(12)14-11-10(28-16(2,3)29-11)7(27-14)5-26-30(24)25;1-4-7(5-2)6-3/h6-7,10-11,14,24-25H,4-5H2,1-3H3,(H2,18,19,20,22,23);4-6H2,1-3H3/t7-,10-,11-,14-;/m1./s1. The van der Waals surface area contributed by atoms with Crippen LogP contribution in [0.4, 0.5) is 5.95 Å². The predicted molar refractivity (Wildman–Crippen MR) is 136 cm³/mol. The Morgan fingerprint density at radius 2 is 1.86 bits per heavy atom. The third-order valence-corrected chi connectivity index (χ3v) is 6.49. The minimum atomic E-state index is -2.56. The van der Waals surface area contributed by atoms with Crippen LogP contribution >= 0.6 is 8.60 Å². The molecule has 2 aliphatic heterocycles. The second-order valence-electron chi connectivity index (χ2n) is 8.94. The molecule has 0 bridgehead atoms. The van der Waals surface area contributed by atoms with E-state index < -0.39 is 44.5 Å². The fraction of sp³-hybridized carbons (Fsp3) is 0.727. The van der Waals surface area contributed by atoms with E-state index in [1.807, 2.05) is 0 Å². The SMILES string of the molecule is CCC(=O)Nc1nc2c(ncn2[C@@H]2O[C@H](COP(O)O)[C@H]3OC(C)(C)O[C@H]32)c(=O)[nH]1.CCN(CC)CC. The number of hydrogen-bond acceptors (Lipinski definition) is 11. The number of H-pyrrole nitrogens is 1. The molecule has 37 heavy (non-hydrogen) atoms. The van der Waals surface area contributed by atoms with Gasteiger partial charge in [0.1, 0.15) is 18.3 Å². The number of aromatic nitrogens is 4. The Labute approximate surface area is 216 Å². The maximum absolute atomic E-state index is 12.4. The smallest absolute Gasteiger partial charge is 0.327 e. The minimum Gasteiger partial charge on any atom is -0.347 e. The van der Waals surface area contributed by atoms with Crippen LogP contribution in [-0.2, 0) is 23.5 Å². The molecule has 208 valence electrons. The van der Waals surface area contributed by atoms with E-state index in [0.717, 1.165) is 0 Å². The van der Waals surface area contributed by atoms with Crippen LogP contribution in [0.2, 0.25) is 0 Å². The molecule has 14 nitrogen and oxygen atoms in total. The summed E-state index contributed by atoms with van der Waals surface area (Å²) in [4.78, 5) is 55.5. The van der Waals surface area contributed by atoms with Crippen LogP contribution in [0.3, 0.4) is 0 Å². The molecule has 0 saturated carbocycles. The van der Waals surface area contributed by atoms with Crippen molar-refractivity contribution in [3.8, 4) is 0 Å². The lowest BCUT2D eigenvalue weighted by Gasteiger charge is -2.24. The van der Waals surface area contributed by atoms with E-state index in [1.54, 1.807) is 20.8 Å². The van der Waals surface area contributed by atoms with Crippen molar-refractivity contribution in [2.75, 3.05) is 31.6 Å². The molecule has 2 aromatic heterocycles. The zero-order valence-corrected chi connectivity index (χ0v) is 22.9. The average molecular weight is 545 g/mol. The van der Waals surface area contributed by atoms with E-state index in [9.17, 15) is 9.59 Å². The maximum atomic E-state index is 12.4. The molecule has 0 spiro atoms. The number of hydrogen-bond donors (Lipinski definition) is 4. The Balaban J connectivity index is 0.000000479. The van der Waals surface area contributed by atoms with Crippen molar-refractivity contribution < 1.29 is 33.3 Å². The third-order valence-electron chi connectivity index (χ3n) is 6.11. The van der Waals surface area contributed by atoms with Gasteiger partial charge in [0.15, 0.2) is 23.2 Å². The van der Waals surface area contributed by atoms with Gasteiger partial charge in [-0.2, -0.15) is 4.98 Å². The highest BCUT2D eigenvalue weighted by Crippen LogP contribution is 2.44. The summed E-state index contributed by atoms with van der Waals surface area (Å²) >= 11 is 0. The quantitative estimate of drug-likeness (QED) is 0.337. The van der Waals surface area contributed by atoms with Gasteiger partial charge in [-0.1, -0.05) is 27.7 Å². The van der Waals surface area contributed by atoms with Crippen molar-refractivity contribution in [1.29, 1.82) is 0 Å². The minimum absolute atomic E-state index is 0.00865. The highest BCUT2D eigenvalue weighted by Gasteiger charge is 2.56.